The van der Waals surface area contributed by atoms with Crippen LogP contribution in [0.25, 0.3) is 11.0 Å². The maximum Gasteiger partial charge on any atom is 0.220 e. The predicted molar refractivity (Wildman–Crippen MR) is 103 cm³/mol. The number of carbonyl (C=O) groups is 1. The lowest BCUT2D eigenvalue weighted by molar-refractivity contribution is -0.121. The quantitative estimate of drug-likeness (QED) is 0.654. The van der Waals surface area contributed by atoms with Gasteiger partial charge < -0.3 is 15.2 Å². The number of nitrogens with zero attached hydrogens (tertiary/aromatic N) is 3. The molecule has 1 amide bonds. The molecular formula is C20H25N5O. The van der Waals surface area contributed by atoms with E-state index in [4.69, 9.17) is 0 Å². The van der Waals surface area contributed by atoms with E-state index in [1.165, 1.54) is 5.56 Å². The van der Waals surface area contributed by atoms with Crippen LogP contribution in [0.2, 0.25) is 0 Å². The topological polar surface area (TPSA) is 73.9 Å². The van der Waals surface area contributed by atoms with E-state index in [1.807, 2.05) is 18.2 Å². The normalized spacial score (nSPS) is 11.2. The van der Waals surface area contributed by atoms with Crippen LogP contribution in [0.3, 0.4) is 0 Å². The molecular weight excluding hydrogens is 326 g/mol. The molecule has 0 radical (unpaired) electrons. The molecule has 2 N–H and O–H groups in total. The molecule has 3 rings (SSSR count). The highest BCUT2D eigenvalue weighted by Crippen LogP contribution is 2.10. The van der Waals surface area contributed by atoms with Gasteiger partial charge in [-0.1, -0.05) is 31.2 Å². The van der Waals surface area contributed by atoms with Gasteiger partial charge in [-0.15, -0.1) is 0 Å². The number of rotatable bonds is 8. The van der Waals surface area contributed by atoms with Crippen LogP contribution in [0.4, 0.5) is 0 Å². The Morgan fingerprint density at radius 3 is 2.92 bits per heavy atom. The standard InChI is InChI=1S/C20H25N5O/c1-3-25(2)14-16-6-4-5-15(11-16)12-22-20(26)8-7-19-23-17-9-10-21-13-18(17)24-19/h4-6,9-11,13H,3,7-8,12,14H2,1-2H3,(H,22,26)(H,23,24). The van der Waals surface area contributed by atoms with E-state index in [9.17, 15) is 4.79 Å². The third kappa shape index (κ3) is 4.89. The van der Waals surface area contributed by atoms with E-state index in [0.717, 1.165) is 35.5 Å². The number of aromatic amines is 1. The summed E-state index contributed by atoms with van der Waals surface area (Å²) in [5.41, 5.74) is 4.16. The molecule has 0 aliphatic rings. The molecule has 3 aromatic rings. The Kier molecular flexibility index (Phi) is 5.96. The number of aromatic nitrogens is 3. The van der Waals surface area contributed by atoms with Crippen LogP contribution in [0.15, 0.2) is 42.7 Å². The first-order chi connectivity index (χ1) is 12.6. The number of fused-ring (bicyclic) bond motifs is 1. The Morgan fingerprint density at radius 1 is 1.27 bits per heavy atom. The van der Waals surface area contributed by atoms with Crippen molar-refractivity contribution in [1.82, 2.24) is 25.2 Å². The summed E-state index contributed by atoms with van der Waals surface area (Å²) in [6, 6.07) is 10.2. The maximum atomic E-state index is 12.1. The molecule has 26 heavy (non-hydrogen) atoms. The number of hydrogen-bond acceptors (Lipinski definition) is 4. The van der Waals surface area contributed by atoms with Gasteiger partial charge in [0.25, 0.3) is 0 Å². The van der Waals surface area contributed by atoms with Crippen LogP contribution in [0.5, 0.6) is 0 Å². The van der Waals surface area contributed by atoms with E-state index >= 15 is 0 Å². The monoisotopic (exact) mass is 351 g/mol. The number of nitrogens with one attached hydrogen (secondary N) is 2. The zero-order valence-electron chi connectivity index (χ0n) is 15.3. The fourth-order valence-corrected chi connectivity index (χ4v) is 2.81. The Bertz CT molecular complexity index is 840. The minimum Gasteiger partial charge on any atom is -0.352 e. The Balaban J connectivity index is 1.48. The van der Waals surface area contributed by atoms with Gasteiger partial charge in [0.1, 0.15) is 5.82 Å². The van der Waals surface area contributed by atoms with Gasteiger partial charge in [0, 0.05) is 32.1 Å². The molecule has 6 nitrogen and oxygen atoms in total. The van der Waals surface area contributed by atoms with Crippen LogP contribution in [-0.2, 0) is 24.3 Å². The molecule has 6 heteroatoms. The van der Waals surface area contributed by atoms with Crippen molar-refractivity contribution >= 4 is 16.9 Å². The summed E-state index contributed by atoms with van der Waals surface area (Å²) in [5.74, 6) is 0.840. The number of amides is 1. The van der Waals surface area contributed by atoms with Crippen molar-refractivity contribution in [1.29, 1.82) is 0 Å². The van der Waals surface area contributed by atoms with E-state index in [-0.39, 0.29) is 5.91 Å². The Morgan fingerprint density at radius 2 is 2.12 bits per heavy atom. The number of hydrogen-bond donors (Lipinski definition) is 2. The van der Waals surface area contributed by atoms with Crippen molar-refractivity contribution in [2.45, 2.75) is 32.9 Å². The number of pyridine rings is 1. The predicted octanol–water partition coefficient (Wildman–Crippen LogP) is 2.66. The molecule has 0 bridgehead atoms. The largest absolute Gasteiger partial charge is 0.352 e. The summed E-state index contributed by atoms with van der Waals surface area (Å²) in [6.45, 7) is 4.62. The second-order valence-corrected chi connectivity index (χ2v) is 6.50. The molecule has 0 aliphatic heterocycles. The number of imidazole rings is 1. The highest BCUT2D eigenvalue weighted by molar-refractivity contribution is 5.76. The van der Waals surface area contributed by atoms with E-state index in [1.54, 1.807) is 12.4 Å². The lowest BCUT2D eigenvalue weighted by Crippen LogP contribution is -2.23. The third-order valence-corrected chi connectivity index (χ3v) is 4.39. The lowest BCUT2D eigenvalue weighted by Gasteiger charge is -2.14. The Hall–Kier alpha value is -2.73. The van der Waals surface area contributed by atoms with Crippen LogP contribution in [0.1, 0.15) is 30.3 Å². The minimum atomic E-state index is 0.0275. The van der Waals surface area contributed by atoms with Gasteiger partial charge in [-0.3, -0.25) is 9.78 Å². The van der Waals surface area contributed by atoms with Crippen molar-refractivity contribution in [2.24, 2.45) is 0 Å². The highest BCUT2D eigenvalue weighted by Gasteiger charge is 2.07. The van der Waals surface area contributed by atoms with Crippen LogP contribution < -0.4 is 5.32 Å². The average molecular weight is 351 g/mol. The first kappa shape index (κ1) is 18.1. The molecule has 0 fully saturated rings. The van der Waals surface area contributed by atoms with E-state index < -0.39 is 0 Å². The minimum absolute atomic E-state index is 0.0275. The summed E-state index contributed by atoms with van der Waals surface area (Å²) >= 11 is 0. The van der Waals surface area contributed by atoms with Crippen LogP contribution in [-0.4, -0.2) is 39.4 Å². The van der Waals surface area contributed by atoms with Gasteiger partial charge in [0.05, 0.1) is 17.2 Å². The van der Waals surface area contributed by atoms with Gasteiger partial charge in [-0.2, -0.15) is 0 Å². The summed E-state index contributed by atoms with van der Waals surface area (Å²) < 4.78 is 0. The van der Waals surface area contributed by atoms with Crippen molar-refractivity contribution in [3.63, 3.8) is 0 Å². The SMILES string of the molecule is CCN(C)Cc1cccc(CNC(=O)CCc2nc3ccncc3[nH]2)c1. The molecule has 1 aromatic carbocycles. The number of carbonyl (C=O) groups excluding carboxylic acids is 1. The highest BCUT2D eigenvalue weighted by atomic mass is 16.1. The fourth-order valence-electron chi connectivity index (χ4n) is 2.81. The third-order valence-electron chi connectivity index (χ3n) is 4.39. The number of aryl methyl sites for hydroxylation is 1. The smallest absolute Gasteiger partial charge is 0.220 e. The van der Waals surface area contributed by atoms with Gasteiger partial charge >= 0.3 is 0 Å². The molecule has 136 valence electrons. The zero-order chi connectivity index (χ0) is 18.4. The lowest BCUT2D eigenvalue weighted by atomic mass is 10.1. The molecule has 0 saturated heterocycles. The van der Waals surface area contributed by atoms with Crippen molar-refractivity contribution in [2.75, 3.05) is 13.6 Å². The number of H-pyrrole nitrogens is 1. The molecule has 0 saturated carbocycles. The van der Waals surface area contributed by atoms with E-state index in [2.05, 4.69) is 51.3 Å². The molecule has 0 aliphatic carbocycles. The maximum absolute atomic E-state index is 12.1. The second-order valence-electron chi connectivity index (χ2n) is 6.50. The van der Waals surface area contributed by atoms with Crippen LogP contribution >= 0.6 is 0 Å². The molecule has 2 aromatic heterocycles. The van der Waals surface area contributed by atoms with Crippen molar-refractivity contribution in [3.8, 4) is 0 Å². The van der Waals surface area contributed by atoms with Gasteiger partial charge in [-0.25, -0.2) is 4.98 Å². The molecule has 0 atom stereocenters. The summed E-state index contributed by atoms with van der Waals surface area (Å²) in [4.78, 5) is 26.1. The molecule has 0 unspecified atom stereocenters. The fraction of sp³-hybridized carbons (Fsp3) is 0.350. The zero-order valence-corrected chi connectivity index (χ0v) is 15.3. The summed E-state index contributed by atoms with van der Waals surface area (Å²) in [6.07, 6.45) is 4.45. The molecule has 0 spiro atoms. The first-order valence-electron chi connectivity index (χ1n) is 8.95. The average Bonchev–Trinajstić information content (AvgIpc) is 3.08. The van der Waals surface area contributed by atoms with Crippen molar-refractivity contribution < 1.29 is 4.79 Å². The number of benzene rings is 1. The molecule has 2 heterocycles. The summed E-state index contributed by atoms with van der Waals surface area (Å²) in [7, 11) is 2.10. The second kappa shape index (κ2) is 8.58. The van der Waals surface area contributed by atoms with Crippen LogP contribution in [0, 0.1) is 0 Å². The van der Waals surface area contributed by atoms with Gasteiger partial charge in [-0.05, 0) is 30.8 Å². The van der Waals surface area contributed by atoms with Crippen molar-refractivity contribution in [3.05, 3.63) is 59.7 Å². The van der Waals surface area contributed by atoms with Gasteiger partial charge in [0.2, 0.25) is 5.91 Å². The first-order valence-corrected chi connectivity index (χ1v) is 8.95. The Labute approximate surface area is 153 Å². The van der Waals surface area contributed by atoms with Gasteiger partial charge in [0.15, 0.2) is 0 Å². The van der Waals surface area contributed by atoms with E-state index in [0.29, 0.717) is 19.4 Å². The summed E-state index contributed by atoms with van der Waals surface area (Å²) in [5, 5.41) is 2.99.